The van der Waals surface area contributed by atoms with Crippen molar-refractivity contribution in [3.63, 3.8) is 0 Å². The summed E-state index contributed by atoms with van der Waals surface area (Å²) in [5, 5.41) is 9.13. The number of aromatic nitrogens is 4. The van der Waals surface area contributed by atoms with Crippen molar-refractivity contribution in [3.05, 3.63) is 102 Å². The average Bonchev–Trinajstić information content (AvgIpc) is 3.35. The minimum Gasteiger partial charge on any atom is -0.351 e. The van der Waals surface area contributed by atoms with E-state index in [2.05, 4.69) is 12.2 Å². The summed E-state index contributed by atoms with van der Waals surface area (Å²) in [5.74, 6) is 0.192. The quantitative estimate of drug-likeness (QED) is 0.179. The number of para-hydroxylation sites is 1. The minimum atomic E-state index is -0.373. The van der Waals surface area contributed by atoms with Gasteiger partial charge in [0, 0.05) is 12.1 Å². The number of aryl methyl sites for hydroxylation is 1. The van der Waals surface area contributed by atoms with Gasteiger partial charge in [0.1, 0.15) is 10.8 Å². The van der Waals surface area contributed by atoms with E-state index in [1.165, 1.54) is 23.9 Å². The first-order chi connectivity index (χ1) is 18.6. The van der Waals surface area contributed by atoms with Gasteiger partial charge in [-0.3, -0.25) is 4.79 Å². The van der Waals surface area contributed by atoms with E-state index in [0.29, 0.717) is 30.9 Å². The first kappa shape index (κ1) is 25.6. The molecular formula is C30H28FN5OS. The van der Waals surface area contributed by atoms with Gasteiger partial charge in [-0.2, -0.15) is 5.10 Å². The molecule has 0 bridgehead atoms. The second kappa shape index (κ2) is 11.6. The van der Waals surface area contributed by atoms with Crippen LogP contribution in [0, 0.1) is 5.82 Å². The third kappa shape index (κ3) is 5.45. The van der Waals surface area contributed by atoms with Crippen LogP contribution in [-0.2, 0) is 17.8 Å². The highest BCUT2D eigenvalue weighted by atomic mass is 32.2. The first-order valence-electron chi connectivity index (χ1n) is 12.7. The Morgan fingerprint density at radius 2 is 1.63 bits per heavy atom. The van der Waals surface area contributed by atoms with Crippen LogP contribution in [0.1, 0.15) is 31.5 Å². The molecule has 0 aliphatic carbocycles. The molecule has 1 atom stereocenters. The van der Waals surface area contributed by atoms with Gasteiger partial charge in [0.05, 0.1) is 22.0 Å². The van der Waals surface area contributed by atoms with Crippen LogP contribution in [0.15, 0.2) is 90.0 Å². The summed E-state index contributed by atoms with van der Waals surface area (Å²) in [5.41, 5.74) is 4.24. The lowest BCUT2D eigenvalue weighted by molar-refractivity contribution is -0.120. The van der Waals surface area contributed by atoms with Crippen LogP contribution in [0.2, 0.25) is 0 Å². The molecule has 0 aliphatic rings. The molecule has 1 amide bonds. The predicted octanol–water partition coefficient (Wildman–Crippen LogP) is 6.37. The third-order valence-electron chi connectivity index (χ3n) is 6.23. The number of carbonyl (C=O) groups excluding carboxylic acids is 1. The molecule has 5 aromatic rings. The number of halogens is 1. The molecule has 5 rings (SSSR count). The molecule has 0 fully saturated rings. The number of nitrogens with one attached hydrogen (secondary N) is 1. The number of nitrogens with zero attached hydrogens (tertiary/aromatic N) is 4. The maximum absolute atomic E-state index is 13.3. The Hall–Kier alpha value is -4.04. The molecule has 1 N–H and O–H groups in total. The van der Waals surface area contributed by atoms with Crippen molar-refractivity contribution in [3.8, 4) is 17.1 Å². The highest BCUT2D eigenvalue weighted by Gasteiger charge is 2.25. The van der Waals surface area contributed by atoms with Crippen molar-refractivity contribution in [2.24, 2.45) is 0 Å². The largest absolute Gasteiger partial charge is 0.351 e. The van der Waals surface area contributed by atoms with Crippen LogP contribution < -0.4 is 5.32 Å². The zero-order valence-corrected chi connectivity index (χ0v) is 22.1. The summed E-state index contributed by atoms with van der Waals surface area (Å²) in [4.78, 5) is 23.1. The number of fused-ring (bicyclic) bond motifs is 1. The zero-order valence-electron chi connectivity index (χ0n) is 21.3. The molecule has 0 radical (unpaired) electrons. The summed E-state index contributed by atoms with van der Waals surface area (Å²) < 4.78 is 15.1. The van der Waals surface area contributed by atoms with Crippen molar-refractivity contribution >= 4 is 28.7 Å². The van der Waals surface area contributed by atoms with E-state index < -0.39 is 0 Å². The highest BCUT2D eigenvalue weighted by molar-refractivity contribution is 8.00. The van der Waals surface area contributed by atoms with Gasteiger partial charge in [-0.05, 0) is 42.7 Å². The van der Waals surface area contributed by atoms with Crippen molar-refractivity contribution in [2.45, 2.75) is 43.5 Å². The van der Waals surface area contributed by atoms with Gasteiger partial charge in [0.2, 0.25) is 5.91 Å². The number of thioether (sulfide) groups is 1. The molecule has 2 aromatic heterocycles. The Morgan fingerprint density at radius 1 is 0.947 bits per heavy atom. The number of amides is 1. The summed E-state index contributed by atoms with van der Waals surface area (Å²) in [6, 6.07) is 25.9. The van der Waals surface area contributed by atoms with E-state index in [1.54, 1.807) is 12.1 Å². The zero-order chi connectivity index (χ0) is 26.5. The van der Waals surface area contributed by atoms with E-state index in [9.17, 15) is 9.18 Å². The van der Waals surface area contributed by atoms with Gasteiger partial charge < -0.3 is 5.32 Å². The van der Waals surface area contributed by atoms with Crippen LogP contribution in [-0.4, -0.2) is 30.9 Å². The Morgan fingerprint density at radius 3 is 2.29 bits per heavy atom. The van der Waals surface area contributed by atoms with E-state index in [4.69, 9.17) is 15.1 Å². The van der Waals surface area contributed by atoms with Crippen LogP contribution >= 0.6 is 11.8 Å². The van der Waals surface area contributed by atoms with E-state index in [1.807, 2.05) is 72.3 Å². The molecule has 0 aliphatic heterocycles. The highest BCUT2D eigenvalue weighted by Crippen LogP contribution is 2.35. The summed E-state index contributed by atoms with van der Waals surface area (Å²) in [7, 11) is 0. The molecule has 1 unspecified atom stereocenters. The van der Waals surface area contributed by atoms with Gasteiger partial charge in [-0.15, -0.1) is 0 Å². The lowest BCUT2D eigenvalue weighted by Crippen LogP contribution is -2.32. The summed E-state index contributed by atoms with van der Waals surface area (Å²) in [6.07, 6.45) is 1.31. The predicted molar refractivity (Wildman–Crippen MR) is 150 cm³/mol. The fourth-order valence-corrected chi connectivity index (χ4v) is 5.31. The number of hydrogen-bond acceptors (Lipinski definition) is 5. The standard InChI is InChI=1S/C30H28FN5OS/c1-3-24-26-28(36(35-24)23-13-9-6-10-14-23)33-27(21-11-7-5-8-12-21)34-30(26)38-25(4-2)29(37)32-19-20-15-17-22(31)18-16-20/h5-18,25H,3-4,19H2,1-2H3,(H,32,37). The fourth-order valence-electron chi connectivity index (χ4n) is 4.21. The topological polar surface area (TPSA) is 72.7 Å². The monoisotopic (exact) mass is 525 g/mol. The Kier molecular flexibility index (Phi) is 7.79. The van der Waals surface area contributed by atoms with Gasteiger partial charge in [-0.1, -0.05) is 86.3 Å². The lowest BCUT2D eigenvalue weighted by atomic mass is 10.2. The maximum atomic E-state index is 13.3. The maximum Gasteiger partial charge on any atom is 0.233 e. The molecule has 3 aromatic carbocycles. The molecule has 0 spiro atoms. The van der Waals surface area contributed by atoms with Crippen molar-refractivity contribution in [2.75, 3.05) is 0 Å². The van der Waals surface area contributed by atoms with Crippen LogP contribution in [0.4, 0.5) is 4.39 Å². The Balaban J connectivity index is 1.55. The fraction of sp³-hybridized carbons (Fsp3) is 0.200. The molecule has 192 valence electrons. The van der Waals surface area contributed by atoms with Gasteiger partial charge in [-0.25, -0.2) is 19.0 Å². The van der Waals surface area contributed by atoms with Gasteiger partial charge in [0.15, 0.2) is 11.5 Å². The number of rotatable bonds is 9. The third-order valence-corrected chi connectivity index (χ3v) is 7.58. The molecule has 8 heteroatoms. The molecule has 0 saturated carbocycles. The van der Waals surface area contributed by atoms with Crippen LogP contribution in [0.25, 0.3) is 28.1 Å². The van der Waals surface area contributed by atoms with Gasteiger partial charge >= 0.3 is 0 Å². The summed E-state index contributed by atoms with van der Waals surface area (Å²) in [6.45, 7) is 4.37. The van der Waals surface area contributed by atoms with E-state index in [0.717, 1.165) is 32.9 Å². The number of benzene rings is 3. The molecule has 6 nitrogen and oxygen atoms in total. The smallest absolute Gasteiger partial charge is 0.233 e. The number of carbonyl (C=O) groups is 1. The second-order valence-electron chi connectivity index (χ2n) is 8.82. The normalized spacial score (nSPS) is 12.0. The van der Waals surface area contributed by atoms with Crippen LogP contribution in [0.5, 0.6) is 0 Å². The van der Waals surface area contributed by atoms with Gasteiger partial charge in [0.25, 0.3) is 0 Å². The van der Waals surface area contributed by atoms with E-state index in [-0.39, 0.29) is 17.0 Å². The first-order valence-corrected chi connectivity index (χ1v) is 13.5. The second-order valence-corrected chi connectivity index (χ2v) is 10.0. The lowest BCUT2D eigenvalue weighted by Gasteiger charge is -2.16. The minimum absolute atomic E-state index is 0.0941. The Bertz CT molecular complexity index is 1540. The molecule has 38 heavy (non-hydrogen) atoms. The van der Waals surface area contributed by atoms with Crippen molar-refractivity contribution in [1.29, 1.82) is 0 Å². The number of hydrogen-bond donors (Lipinski definition) is 1. The van der Waals surface area contributed by atoms with E-state index >= 15 is 0 Å². The molecule has 0 saturated heterocycles. The SMILES string of the molecule is CCc1nn(-c2ccccc2)c2nc(-c3ccccc3)nc(SC(CC)C(=O)NCc3ccc(F)cc3)c12. The van der Waals surface area contributed by atoms with Crippen LogP contribution in [0.3, 0.4) is 0 Å². The molecule has 2 heterocycles. The van der Waals surface area contributed by atoms with Crippen molar-refractivity contribution in [1.82, 2.24) is 25.1 Å². The summed E-state index contributed by atoms with van der Waals surface area (Å²) >= 11 is 1.43. The Labute approximate surface area is 225 Å². The van der Waals surface area contributed by atoms with Crippen molar-refractivity contribution < 1.29 is 9.18 Å². The molecular weight excluding hydrogens is 497 g/mol. The average molecular weight is 526 g/mol.